The minimum Gasteiger partial charge on any atom is -0.745 e. The maximum absolute atomic E-state index is 11.4. The summed E-state index contributed by atoms with van der Waals surface area (Å²) in [6.07, 6.45) is 9.46. The summed E-state index contributed by atoms with van der Waals surface area (Å²) in [7, 11) is -4.92. The number of carbonyl (C=O) groups excluding carboxylic acids is 1. The van der Waals surface area contributed by atoms with Crippen molar-refractivity contribution in [2.24, 2.45) is 5.92 Å². The summed E-state index contributed by atoms with van der Waals surface area (Å²) in [5, 5.41) is 20.5. The molecule has 2 atom stereocenters. The molecular formula is C17H30Na2O8S. The zero-order chi connectivity index (χ0) is 20.2. The van der Waals surface area contributed by atoms with Gasteiger partial charge in [-0.15, -0.1) is 0 Å². The van der Waals surface area contributed by atoms with E-state index in [1.165, 1.54) is 25.7 Å². The first-order valence-electron chi connectivity index (χ1n) is 9.10. The fraction of sp³-hybridized carbons (Fsp3) is 0.882. The van der Waals surface area contributed by atoms with Crippen molar-refractivity contribution >= 4 is 22.1 Å². The predicted octanol–water partition coefficient (Wildman–Crippen LogP) is -4.36. The predicted molar refractivity (Wildman–Crippen MR) is 92.0 cm³/mol. The van der Waals surface area contributed by atoms with Crippen LogP contribution in [-0.2, 0) is 24.4 Å². The molecule has 0 amide bonds. The third kappa shape index (κ3) is 10.7. The number of hydrogen-bond acceptors (Lipinski definition) is 7. The van der Waals surface area contributed by atoms with Crippen LogP contribution in [0.25, 0.3) is 0 Å². The maximum atomic E-state index is 11.4. The zero-order valence-corrected chi connectivity index (χ0v) is 22.4. The number of carboxylic acid groups (broad SMARTS) is 2. The van der Waals surface area contributed by atoms with Gasteiger partial charge in [0.25, 0.3) is 0 Å². The first-order chi connectivity index (χ1) is 12.1. The first-order valence-corrected chi connectivity index (χ1v) is 10.5. The summed E-state index contributed by atoms with van der Waals surface area (Å²) >= 11 is 0. The molecule has 8 nitrogen and oxygen atoms in total. The van der Waals surface area contributed by atoms with Crippen LogP contribution in [0, 0.1) is 5.92 Å². The largest absolute Gasteiger partial charge is 1.00 e. The van der Waals surface area contributed by atoms with Crippen molar-refractivity contribution in [3.63, 3.8) is 0 Å². The van der Waals surface area contributed by atoms with Crippen LogP contribution in [0.15, 0.2) is 0 Å². The molecule has 11 heteroatoms. The molecule has 28 heavy (non-hydrogen) atoms. The van der Waals surface area contributed by atoms with E-state index >= 15 is 0 Å². The Morgan fingerprint density at radius 1 is 0.964 bits per heavy atom. The quantitative estimate of drug-likeness (QED) is 0.144. The summed E-state index contributed by atoms with van der Waals surface area (Å²) in [4.78, 5) is 19.2. The Labute approximate surface area is 212 Å². The smallest absolute Gasteiger partial charge is 0.745 e. The Morgan fingerprint density at radius 3 is 1.64 bits per heavy atom. The standard InChI is InChI=1S/C17H32O8S.2Na/c1-3-4-5-6-7-8-9-10-11-12-13-14(15(18)19)17(25-2,16(20)21)26(22,23)24;;/h14H,3-13H2,1-2H3,(H,18,19)(H,20,21)(H,22,23,24);;/q;2*+1/p-2. The van der Waals surface area contributed by atoms with Crippen molar-refractivity contribution in [2.75, 3.05) is 7.11 Å². The van der Waals surface area contributed by atoms with E-state index in [1.54, 1.807) is 0 Å². The molecule has 0 spiro atoms. The van der Waals surface area contributed by atoms with E-state index in [9.17, 15) is 32.8 Å². The molecule has 0 fully saturated rings. The van der Waals surface area contributed by atoms with Crippen molar-refractivity contribution in [3.8, 4) is 0 Å². The van der Waals surface area contributed by atoms with Gasteiger partial charge in [-0.3, -0.25) is 4.79 Å². The summed E-state index contributed by atoms with van der Waals surface area (Å²) in [6, 6.07) is 0. The number of carboxylic acids is 2. The topological polar surface area (TPSA) is 144 Å². The second kappa shape index (κ2) is 17.5. The van der Waals surface area contributed by atoms with E-state index < -0.39 is 32.9 Å². The average molecular weight is 440 g/mol. The Bertz CT molecular complexity index is 541. The average Bonchev–Trinajstić information content (AvgIpc) is 2.53. The Kier molecular flexibility index (Phi) is 20.9. The van der Waals surface area contributed by atoms with Gasteiger partial charge in [0.05, 0.1) is 5.97 Å². The molecule has 0 radical (unpaired) electrons. The number of rotatable bonds is 16. The molecule has 0 aliphatic heterocycles. The maximum Gasteiger partial charge on any atom is 1.00 e. The number of hydrogen-bond donors (Lipinski definition) is 1. The van der Waals surface area contributed by atoms with Gasteiger partial charge >= 0.3 is 65.1 Å². The van der Waals surface area contributed by atoms with Gasteiger partial charge in [-0.25, -0.2) is 8.42 Å². The first kappa shape index (κ1) is 33.4. The fourth-order valence-corrected chi connectivity index (χ4v) is 4.03. The van der Waals surface area contributed by atoms with Crippen LogP contribution in [0.1, 0.15) is 77.6 Å². The number of aliphatic carboxylic acids is 2. The molecule has 0 aliphatic rings. The van der Waals surface area contributed by atoms with Gasteiger partial charge in [0.1, 0.15) is 16.0 Å². The Hall–Kier alpha value is 0.810. The van der Waals surface area contributed by atoms with Gasteiger partial charge in [-0.2, -0.15) is 0 Å². The minimum atomic E-state index is -5.60. The molecular weight excluding hydrogens is 410 g/mol. The SMILES string of the molecule is CCCCCCCCCCCCC(C(=O)O)C(OC)(C(=O)[O-])S(=O)(=O)[O-].[Na+].[Na+]. The molecule has 0 aromatic carbocycles. The van der Waals surface area contributed by atoms with Crippen LogP contribution >= 0.6 is 0 Å². The normalized spacial score (nSPS) is 14.2. The molecule has 2 unspecified atom stereocenters. The van der Waals surface area contributed by atoms with Gasteiger partial charge in [0.2, 0.25) is 4.93 Å². The summed E-state index contributed by atoms with van der Waals surface area (Å²) < 4.78 is 38.6. The van der Waals surface area contributed by atoms with Crippen molar-refractivity contribution in [3.05, 3.63) is 0 Å². The van der Waals surface area contributed by atoms with Gasteiger partial charge in [-0.05, 0) is 6.42 Å². The molecule has 0 saturated carbocycles. The van der Waals surface area contributed by atoms with Gasteiger partial charge in [0.15, 0.2) is 0 Å². The van der Waals surface area contributed by atoms with Crippen molar-refractivity contribution in [1.29, 1.82) is 0 Å². The molecule has 0 rings (SSSR count). The van der Waals surface area contributed by atoms with Gasteiger partial charge in [0, 0.05) is 7.11 Å². The number of ether oxygens (including phenoxy) is 1. The van der Waals surface area contributed by atoms with Crippen LogP contribution in [0.5, 0.6) is 0 Å². The molecule has 0 aromatic rings. The molecule has 0 heterocycles. The Morgan fingerprint density at radius 2 is 1.36 bits per heavy atom. The van der Waals surface area contributed by atoms with Crippen LogP contribution in [0.4, 0.5) is 0 Å². The molecule has 0 bridgehead atoms. The molecule has 0 saturated heterocycles. The molecule has 154 valence electrons. The van der Waals surface area contributed by atoms with Gasteiger partial charge < -0.3 is 24.3 Å². The van der Waals surface area contributed by atoms with E-state index in [4.69, 9.17) is 0 Å². The Balaban J connectivity index is -0.00000312. The summed E-state index contributed by atoms with van der Waals surface area (Å²) in [6.45, 7) is 2.15. The fourth-order valence-electron chi connectivity index (χ4n) is 3.06. The summed E-state index contributed by atoms with van der Waals surface area (Å²) in [5.41, 5.74) is 0. The van der Waals surface area contributed by atoms with E-state index in [-0.39, 0.29) is 72.0 Å². The third-order valence-corrected chi connectivity index (χ3v) is 5.92. The second-order valence-electron chi connectivity index (χ2n) is 6.47. The number of unbranched alkanes of at least 4 members (excludes halogenated alkanes) is 9. The van der Waals surface area contributed by atoms with Gasteiger partial charge in [-0.1, -0.05) is 71.1 Å². The number of methoxy groups -OCH3 is 1. The monoisotopic (exact) mass is 440 g/mol. The van der Waals surface area contributed by atoms with Crippen LogP contribution < -0.4 is 64.2 Å². The second-order valence-corrected chi connectivity index (χ2v) is 7.99. The summed E-state index contributed by atoms with van der Waals surface area (Å²) in [5.74, 6) is -6.09. The zero-order valence-electron chi connectivity index (χ0n) is 17.6. The van der Waals surface area contributed by atoms with Crippen molar-refractivity contribution in [1.82, 2.24) is 0 Å². The van der Waals surface area contributed by atoms with Crippen molar-refractivity contribution in [2.45, 2.75) is 82.5 Å². The van der Waals surface area contributed by atoms with E-state index in [1.807, 2.05) is 0 Å². The van der Waals surface area contributed by atoms with E-state index in [2.05, 4.69) is 11.7 Å². The van der Waals surface area contributed by atoms with E-state index in [0.717, 1.165) is 25.7 Å². The third-order valence-electron chi connectivity index (χ3n) is 4.56. The molecule has 1 N–H and O–H groups in total. The molecule has 0 aliphatic carbocycles. The minimum absolute atomic E-state index is 0. The molecule has 0 aromatic heterocycles. The number of carbonyl (C=O) groups is 2. The van der Waals surface area contributed by atoms with Crippen LogP contribution in [0.3, 0.4) is 0 Å². The van der Waals surface area contributed by atoms with E-state index in [0.29, 0.717) is 13.5 Å². The van der Waals surface area contributed by atoms with Crippen LogP contribution in [0.2, 0.25) is 0 Å². The van der Waals surface area contributed by atoms with Crippen LogP contribution in [-0.4, -0.2) is 42.1 Å². The van der Waals surface area contributed by atoms with Crippen molar-refractivity contribution < 1.29 is 96.6 Å².